The van der Waals surface area contributed by atoms with Crippen molar-refractivity contribution in [3.05, 3.63) is 35.8 Å². The lowest BCUT2D eigenvalue weighted by molar-refractivity contribution is 0.0950. The van der Waals surface area contributed by atoms with Gasteiger partial charge in [-0.1, -0.05) is 0 Å². The van der Waals surface area contributed by atoms with Crippen LogP contribution in [0.3, 0.4) is 0 Å². The number of ketones is 1. The third-order valence-electron chi connectivity index (χ3n) is 2.06. The zero-order valence-electron chi connectivity index (χ0n) is 8.02. The van der Waals surface area contributed by atoms with Gasteiger partial charge in [0.2, 0.25) is 5.78 Å². The average Bonchev–Trinajstić information content (AvgIpc) is 2.65. The van der Waals surface area contributed by atoms with Crippen LogP contribution in [0, 0.1) is 0 Å². The Morgan fingerprint density at radius 2 is 2.07 bits per heavy atom. The topological polar surface area (TPSA) is 42.3 Å². The van der Waals surface area contributed by atoms with Crippen LogP contribution in [-0.2, 0) is 0 Å². The smallest absolute Gasteiger partial charge is 0.268 e. The van der Waals surface area contributed by atoms with Crippen molar-refractivity contribution in [3.8, 4) is 0 Å². The number of carbonyl (C=O) groups excluding carboxylic acids is 2. The highest BCUT2D eigenvalue weighted by Crippen LogP contribution is 2.20. The molecule has 0 aliphatic carbocycles. The summed E-state index contributed by atoms with van der Waals surface area (Å²) < 4.78 is 1.37. The molecule has 0 spiro atoms. The van der Waals surface area contributed by atoms with Crippen LogP contribution in [0.5, 0.6) is 0 Å². The van der Waals surface area contributed by atoms with Crippen LogP contribution in [0.2, 0.25) is 0 Å². The molecule has 0 bridgehead atoms. The maximum atomic E-state index is 11.7. The van der Waals surface area contributed by atoms with Gasteiger partial charge in [-0.15, -0.1) is 0 Å². The van der Waals surface area contributed by atoms with E-state index in [-0.39, 0.29) is 17.3 Å². The second-order valence-corrected chi connectivity index (χ2v) is 3.40. The fourth-order valence-electron chi connectivity index (χ4n) is 1.48. The minimum Gasteiger partial charge on any atom is -0.383 e. The van der Waals surface area contributed by atoms with Crippen LogP contribution < -0.4 is 0 Å². The first kappa shape index (κ1) is 8.74. The number of allylic oxidation sites excluding steroid dienone is 1. The summed E-state index contributed by atoms with van der Waals surface area (Å²) in [7, 11) is 3.56. The first-order valence-electron chi connectivity index (χ1n) is 4.26. The molecule has 2 rings (SSSR count). The molecule has 0 aromatic carbocycles. The summed E-state index contributed by atoms with van der Waals surface area (Å²) in [5.74, 6) is -0.447. The standard InChI is InChI=1S/C10H10N2O2/c1-11(2)6-7-9(13)8-4-3-5-12(8)10(7)14/h3-6H,1-2H3/b7-6+. The molecule has 0 fully saturated rings. The van der Waals surface area contributed by atoms with Crippen LogP contribution in [0.25, 0.3) is 0 Å². The summed E-state index contributed by atoms with van der Waals surface area (Å²) in [6.07, 6.45) is 3.16. The predicted octanol–water partition coefficient (Wildman–Crippen LogP) is 0.770. The number of fused-ring (bicyclic) bond motifs is 1. The molecule has 1 aliphatic rings. The fraction of sp³-hybridized carbons (Fsp3) is 0.200. The van der Waals surface area contributed by atoms with E-state index < -0.39 is 0 Å². The molecule has 0 N–H and O–H groups in total. The van der Waals surface area contributed by atoms with Gasteiger partial charge in [0.1, 0.15) is 5.57 Å². The van der Waals surface area contributed by atoms with Crippen molar-refractivity contribution >= 4 is 11.7 Å². The van der Waals surface area contributed by atoms with Gasteiger partial charge in [0, 0.05) is 26.5 Å². The molecule has 1 aliphatic heterocycles. The van der Waals surface area contributed by atoms with Crippen molar-refractivity contribution in [2.24, 2.45) is 0 Å². The molecule has 4 heteroatoms. The first-order chi connectivity index (χ1) is 6.61. The van der Waals surface area contributed by atoms with Gasteiger partial charge in [0.15, 0.2) is 0 Å². The number of carbonyl (C=O) groups is 2. The van der Waals surface area contributed by atoms with Crippen LogP contribution in [0.4, 0.5) is 0 Å². The maximum Gasteiger partial charge on any atom is 0.268 e. The number of rotatable bonds is 1. The Bertz CT molecular complexity index is 408. The predicted molar refractivity (Wildman–Crippen MR) is 51.2 cm³/mol. The highest BCUT2D eigenvalue weighted by atomic mass is 16.2. The zero-order valence-corrected chi connectivity index (χ0v) is 8.02. The van der Waals surface area contributed by atoms with E-state index in [0.29, 0.717) is 5.69 Å². The first-order valence-corrected chi connectivity index (χ1v) is 4.26. The minimum absolute atomic E-state index is 0.200. The van der Waals surface area contributed by atoms with E-state index in [1.807, 2.05) is 0 Å². The zero-order chi connectivity index (χ0) is 10.3. The molecule has 0 amide bonds. The minimum atomic E-state index is -0.247. The van der Waals surface area contributed by atoms with Crippen molar-refractivity contribution in [1.29, 1.82) is 0 Å². The van der Waals surface area contributed by atoms with Gasteiger partial charge >= 0.3 is 0 Å². The fourth-order valence-corrected chi connectivity index (χ4v) is 1.48. The van der Waals surface area contributed by atoms with Crippen molar-refractivity contribution in [2.75, 3.05) is 14.1 Å². The molecule has 14 heavy (non-hydrogen) atoms. The summed E-state index contributed by atoms with van der Waals surface area (Å²) >= 11 is 0. The van der Waals surface area contributed by atoms with Crippen molar-refractivity contribution in [3.63, 3.8) is 0 Å². The van der Waals surface area contributed by atoms with Crippen LogP contribution in [-0.4, -0.2) is 35.3 Å². The Morgan fingerprint density at radius 1 is 1.36 bits per heavy atom. The highest BCUT2D eigenvalue weighted by molar-refractivity contribution is 6.31. The molecule has 0 saturated carbocycles. The molecule has 2 heterocycles. The van der Waals surface area contributed by atoms with Gasteiger partial charge < -0.3 is 4.90 Å². The van der Waals surface area contributed by atoms with E-state index in [2.05, 4.69) is 0 Å². The summed E-state index contributed by atoms with van der Waals surface area (Å²) in [6, 6.07) is 3.34. The molecule has 1 aromatic heterocycles. The van der Waals surface area contributed by atoms with Gasteiger partial charge in [-0.2, -0.15) is 0 Å². The second kappa shape index (κ2) is 2.83. The number of nitrogens with zero attached hydrogens (tertiary/aromatic N) is 2. The van der Waals surface area contributed by atoms with Crippen molar-refractivity contribution < 1.29 is 9.59 Å². The van der Waals surface area contributed by atoms with Crippen LogP contribution >= 0.6 is 0 Å². The molecule has 1 aromatic rings. The quantitative estimate of drug-likeness (QED) is 0.485. The Kier molecular flexibility index (Phi) is 1.77. The second-order valence-electron chi connectivity index (χ2n) is 3.40. The number of Topliss-reactive ketones (excluding diaryl/α,β-unsaturated/α-hetero) is 1. The lowest BCUT2D eigenvalue weighted by atomic mass is 10.2. The van der Waals surface area contributed by atoms with Crippen LogP contribution in [0.15, 0.2) is 30.1 Å². The SMILES string of the molecule is CN(C)/C=C1\C(=O)c2cccn2C1=O. The monoisotopic (exact) mass is 190 g/mol. The summed E-state index contributed by atoms with van der Waals surface area (Å²) in [5.41, 5.74) is 0.675. The Balaban J connectivity index is 2.50. The van der Waals surface area contributed by atoms with E-state index >= 15 is 0 Å². The van der Waals surface area contributed by atoms with Crippen LogP contribution in [0.1, 0.15) is 15.3 Å². The third-order valence-corrected chi connectivity index (χ3v) is 2.06. The van der Waals surface area contributed by atoms with Gasteiger partial charge in [-0.05, 0) is 12.1 Å². The Labute approximate surface area is 81.4 Å². The summed E-state index contributed by atoms with van der Waals surface area (Å²) in [6.45, 7) is 0. The highest BCUT2D eigenvalue weighted by Gasteiger charge is 2.32. The Morgan fingerprint density at radius 3 is 2.64 bits per heavy atom. The number of hydrogen-bond acceptors (Lipinski definition) is 3. The molecule has 72 valence electrons. The molecular weight excluding hydrogens is 180 g/mol. The summed E-state index contributed by atoms with van der Waals surface area (Å²) in [5, 5.41) is 0. The number of hydrogen-bond donors (Lipinski definition) is 0. The summed E-state index contributed by atoms with van der Waals surface area (Å²) in [4.78, 5) is 25.0. The molecule has 0 unspecified atom stereocenters. The van der Waals surface area contributed by atoms with Gasteiger partial charge in [-0.3, -0.25) is 14.2 Å². The molecule has 4 nitrogen and oxygen atoms in total. The lowest BCUT2D eigenvalue weighted by Crippen LogP contribution is -2.11. The van der Waals surface area contributed by atoms with Crippen molar-refractivity contribution in [1.82, 2.24) is 9.47 Å². The molecule has 0 radical (unpaired) electrons. The molecule has 0 atom stereocenters. The van der Waals surface area contributed by atoms with E-state index in [1.165, 1.54) is 4.57 Å². The van der Waals surface area contributed by atoms with E-state index in [1.54, 1.807) is 43.5 Å². The van der Waals surface area contributed by atoms with E-state index in [4.69, 9.17) is 0 Å². The van der Waals surface area contributed by atoms with Gasteiger partial charge in [0.25, 0.3) is 5.91 Å². The third kappa shape index (κ3) is 1.08. The molecule has 0 saturated heterocycles. The average molecular weight is 190 g/mol. The van der Waals surface area contributed by atoms with Gasteiger partial charge in [0.05, 0.1) is 5.69 Å². The van der Waals surface area contributed by atoms with E-state index in [9.17, 15) is 9.59 Å². The van der Waals surface area contributed by atoms with Gasteiger partial charge in [-0.25, -0.2) is 0 Å². The normalized spacial score (nSPS) is 17.7. The largest absolute Gasteiger partial charge is 0.383 e. The lowest BCUT2D eigenvalue weighted by Gasteiger charge is -2.04. The Hall–Kier alpha value is -1.84. The molecular formula is C10H10N2O2. The van der Waals surface area contributed by atoms with Crippen molar-refractivity contribution in [2.45, 2.75) is 0 Å². The van der Waals surface area contributed by atoms with E-state index in [0.717, 1.165) is 0 Å². The maximum absolute atomic E-state index is 11.7. The number of aromatic nitrogens is 1.